The molecule has 2 saturated heterocycles. The number of aryl methyl sites for hydroxylation is 1. The molecule has 3 heterocycles. The maximum Gasteiger partial charge on any atom is 0.289 e. The van der Waals surface area contributed by atoms with Gasteiger partial charge in [0, 0.05) is 44.0 Å². The van der Waals surface area contributed by atoms with Crippen LogP contribution in [0.4, 0.5) is 0 Å². The number of amides is 2. The summed E-state index contributed by atoms with van der Waals surface area (Å²) in [4.78, 5) is 28.9. The summed E-state index contributed by atoms with van der Waals surface area (Å²) in [6.07, 6.45) is 2.20. The Kier molecular flexibility index (Phi) is 4.44. The molecule has 0 unspecified atom stereocenters. The molecule has 0 spiro atoms. The molecule has 1 aromatic heterocycles. The number of fused-ring (bicyclic) bond motifs is 2. The minimum Gasteiger partial charge on any atom is -0.451 e. The van der Waals surface area contributed by atoms with E-state index in [4.69, 9.17) is 10.2 Å². The summed E-state index contributed by atoms with van der Waals surface area (Å²) >= 11 is 0. The summed E-state index contributed by atoms with van der Waals surface area (Å²) in [5.74, 6) is 0.863. The number of benzene rings is 1. The third-order valence-corrected chi connectivity index (χ3v) is 5.68. The average Bonchev–Trinajstić information content (AvgIpc) is 3.06. The quantitative estimate of drug-likeness (QED) is 0.915. The van der Waals surface area contributed by atoms with Crippen LogP contribution in [-0.2, 0) is 4.79 Å². The van der Waals surface area contributed by atoms with E-state index in [1.54, 1.807) is 0 Å². The highest BCUT2D eigenvalue weighted by Crippen LogP contribution is 2.32. The molecule has 6 nitrogen and oxygen atoms in total. The number of piperidine rings is 2. The third-order valence-electron chi connectivity index (χ3n) is 5.68. The highest BCUT2D eigenvalue weighted by atomic mass is 16.3. The van der Waals surface area contributed by atoms with Crippen LogP contribution >= 0.6 is 0 Å². The first-order valence-electron chi connectivity index (χ1n) is 9.36. The molecule has 2 fully saturated rings. The lowest BCUT2D eigenvalue weighted by Crippen LogP contribution is -2.57. The van der Waals surface area contributed by atoms with Crippen LogP contribution in [0.2, 0.25) is 0 Å². The number of carbonyl (C=O) groups excluding carboxylic acids is 2. The van der Waals surface area contributed by atoms with Gasteiger partial charge in [0.2, 0.25) is 5.91 Å². The van der Waals surface area contributed by atoms with E-state index >= 15 is 0 Å². The number of furan rings is 1. The predicted molar refractivity (Wildman–Crippen MR) is 98.8 cm³/mol. The smallest absolute Gasteiger partial charge is 0.289 e. The summed E-state index contributed by atoms with van der Waals surface area (Å²) in [7, 11) is 0. The standard InChI is InChI=1S/C20H25N3O3/c1-13-2-4-17-15(10-13)11-18(26-17)20(25)22-8-6-16-14(12-22)3-5-19(24)23(16)9-7-21/h2,4,10-11,14,16H,3,5-9,12,21H2,1H3/t14-,16+/m0/s1. The average molecular weight is 355 g/mol. The number of carbonyl (C=O) groups is 2. The van der Waals surface area contributed by atoms with Crippen molar-refractivity contribution in [2.75, 3.05) is 26.2 Å². The Bertz CT molecular complexity index is 844. The molecule has 0 aliphatic carbocycles. The van der Waals surface area contributed by atoms with Crippen molar-refractivity contribution in [3.8, 4) is 0 Å². The molecule has 26 heavy (non-hydrogen) atoms. The number of rotatable bonds is 3. The van der Waals surface area contributed by atoms with Crippen LogP contribution in [-0.4, -0.2) is 53.8 Å². The Labute approximate surface area is 152 Å². The van der Waals surface area contributed by atoms with Gasteiger partial charge in [-0.25, -0.2) is 0 Å². The fourth-order valence-electron chi connectivity index (χ4n) is 4.39. The summed E-state index contributed by atoms with van der Waals surface area (Å²) in [6.45, 7) is 4.43. The van der Waals surface area contributed by atoms with Crippen molar-refractivity contribution in [1.29, 1.82) is 0 Å². The molecule has 2 amide bonds. The first-order valence-corrected chi connectivity index (χ1v) is 9.36. The molecule has 138 valence electrons. The molecule has 2 aliphatic rings. The second kappa shape index (κ2) is 6.76. The van der Waals surface area contributed by atoms with Gasteiger partial charge in [-0.15, -0.1) is 0 Å². The van der Waals surface area contributed by atoms with Gasteiger partial charge < -0.3 is 20.0 Å². The third kappa shape index (κ3) is 2.98. The van der Waals surface area contributed by atoms with Gasteiger partial charge >= 0.3 is 0 Å². The molecule has 0 saturated carbocycles. The second-order valence-electron chi connectivity index (χ2n) is 7.43. The number of hydrogen-bond acceptors (Lipinski definition) is 4. The van der Waals surface area contributed by atoms with Gasteiger partial charge in [0.05, 0.1) is 0 Å². The molecule has 4 rings (SSSR count). The molecule has 2 aromatic rings. The van der Waals surface area contributed by atoms with E-state index in [9.17, 15) is 9.59 Å². The van der Waals surface area contributed by atoms with Gasteiger partial charge in [0.1, 0.15) is 5.58 Å². The van der Waals surface area contributed by atoms with Gasteiger partial charge in [-0.05, 0) is 43.9 Å². The van der Waals surface area contributed by atoms with Crippen LogP contribution in [0.15, 0.2) is 28.7 Å². The Hall–Kier alpha value is -2.34. The van der Waals surface area contributed by atoms with Crippen molar-refractivity contribution >= 4 is 22.8 Å². The Morgan fingerprint density at radius 3 is 2.96 bits per heavy atom. The largest absolute Gasteiger partial charge is 0.451 e. The van der Waals surface area contributed by atoms with Crippen LogP contribution in [0.5, 0.6) is 0 Å². The molecule has 0 bridgehead atoms. The number of nitrogens with two attached hydrogens (primary N) is 1. The molecule has 2 N–H and O–H groups in total. The molecule has 1 aromatic carbocycles. The van der Waals surface area contributed by atoms with Crippen LogP contribution in [0.25, 0.3) is 11.0 Å². The van der Waals surface area contributed by atoms with Crippen molar-refractivity contribution in [3.63, 3.8) is 0 Å². The van der Waals surface area contributed by atoms with Gasteiger partial charge in [-0.3, -0.25) is 9.59 Å². The number of hydrogen-bond donors (Lipinski definition) is 1. The SMILES string of the molecule is Cc1ccc2oc(C(=O)N3CC[C@@H]4[C@@H](CCC(=O)N4CCN)C3)cc2c1. The Morgan fingerprint density at radius 2 is 2.15 bits per heavy atom. The van der Waals surface area contributed by atoms with Crippen LogP contribution in [0, 0.1) is 12.8 Å². The lowest BCUT2D eigenvalue weighted by atomic mass is 9.83. The minimum absolute atomic E-state index is 0.0559. The van der Waals surface area contributed by atoms with E-state index in [1.807, 2.05) is 41.0 Å². The number of likely N-dealkylation sites (tertiary alicyclic amines) is 2. The molecule has 6 heteroatoms. The molecule has 0 radical (unpaired) electrons. The van der Waals surface area contributed by atoms with Gasteiger partial charge in [-0.2, -0.15) is 0 Å². The van der Waals surface area contributed by atoms with Crippen LogP contribution < -0.4 is 5.73 Å². The van der Waals surface area contributed by atoms with E-state index in [2.05, 4.69) is 0 Å². The van der Waals surface area contributed by atoms with E-state index < -0.39 is 0 Å². The van der Waals surface area contributed by atoms with Crippen molar-refractivity contribution in [2.24, 2.45) is 11.7 Å². The zero-order valence-corrected chi connectivity index (χ0v) is 15.1. The van der Waals surface area contributed by atoms with E-state index in [1.165, 1.54) is 0 Å². The maximum atomic E-state index is 12.9. The van der Waals surface area contributed by atoms with E-state index in [-0.39, 0.29) is 17.9 Å². The van der Waals surface area contributed by atoms with Gasteiger partial charge in [0.25, 0.3) is 5.91 Å². The lowest BCUT2D eigenvalue weighted by molar-refractivity contribution is -0.140. The van der Waals surface area contributed by atoms with Crippen molar-refractivity contribution < 1.29 is 14.0 Å². The van der Waals surface area contributed by atoms with Crippen LogP contribution in [0.3, 0.4) is 0 Å². The first-order chi connectivity index (χ1) is 12.6. The summed E-state index contributed by atoms with van der Waals surface area (Å²) in [6, 6.07) is 7.96. The van der Waals surface area contributed by atoms with E-state index in [0.717, 1.165) is 29.4 Å². The monoisotopic (exact) mass is 355 g/mol. The topological polar surface area (TPSA) is 79.8 Å². The van der Waals surface area contributed by atoms with Crippen molar-refractivity contribution in [3.05, 3.63) is 35.6 Å². The molecule has 2 aliphatic heterocycles. The molecular formula is C20H25N3O3. The number of nitrogens with zero attached hydrogens (tertiary/aromatic N) is 2. The van der Waals surface area contributed by atoms with E-state index in [0.29, 0.717) is 44.3 Å². The van der Waals surface area contributed by atoms with Crippen molar-refractivity contribution in [2.45, 2.75) is 32.2 Å². The normalized spacial score (nSPS) is 23.4. The van der Waals surface area contributed by atoms with Crippen LogP contribution in [0.1, 0.15) is 35.4 Å². The summed E-state index contributed by atoms with van der Waals surface area (Å²) in [5, 5.41) is 0.959. The second-order valence-corrected chi connectivity index (χ2v) is 7.43. The maximum absolute atomic E-state index is 12.9. The van der Waals surface area contributed by atoms with Crippen molar-refractivity contribution in [1.82, 2.24) is 9.80 Å². The fraction of sp³-hybridized carbons (Fsp3) is 0.500. The highest BCUT2D eigenvalue weighted by molar-refractivity contribution is 5.96. The highest BCUT2D eigenvalue weighted by Gasteiger charge is 2.40. The Morgan fingerprint density at radius 1 is 1.31 bits per heavy atom. The molecular weight excluding hydrogens is 330 g/mol. The fourth-order valence-corrected chi connectivity index (χ4v) is 4.39. The summed E-state index contributed by atoms with van der Waals surface area (Å²) in [5.41, 5.74) is 7.56. The predicted octanol–water partition coefficient (Wildman–Crippen LogP) is 2.15. The van der Waals surface area contributed by atoms with Gasteiger partial charge in [-0.1, -0.05) is 11.6 Å². The Balaban J connectivity index is 1.50. The zero-order valence-electron chi connectivity index (χ0n) is 15.1. The lowest BCUT2D eigenvalue weighted by Gasteiger charge is -2.46. The molecule has 2 atom stereocenters. The van der Waals surface area contributed by atoms with Gasteiger partial charge in [0.15, 0.2) is 5.76 Å². The first kappa shape index (κ1) is 17.1. The summed E-state index contributed by atoms with van der Waals surface area (Å²) < 4.78 is 5.78. The zero-order chi connectivity index (χ0) is 18.3. The minimum atomic E-state index is -0.0559.